The molecule has 0 aliphatic carbocycles. The third-order valence-electron chi connectivity index (χ3n) is 2.78. The Morgan fingerprint density at radius 2 is 1.76 bits per heavy atom. The van der Waals surface area contributed by atoms with Crippen LogP contribution in [0.15, 0.2) is 24.3 Å². The van der Waals surface area contributed by atoms with Crippen LogP contribution in [0.25, 0.3) is 0 Å². The van der Waals surface area contributed by atoms with Gasteiger partial charge in [-0.3, -0.25) is 0 Å². The van der Waals surface area contributed by atoms with E-state index in [-0.39, 0.29) is 6.42 Å². The quantitative estimate of drug-likeness (QED) is 0.787. The standard InChI is InChI=1S/C13H19NO3/c1-3-14(4-2)11-7-5-10(6-8-11)9-12(15)13(16)17/h5-8,12,15H,3-4,9H2,1-2H3,(H,16,17). The predicted molar refractivity (Wildman–Crippen MR) is 67.3 cm³/mol. The molecule has 1 rings (SSSR count). The van der Waals surface area contributed by atoms with Gasteiger partial charge in [-0.15, -0.1) is 0 Å². The van der Waals surface area contributed by atoms with Gasteiger partial charge in [-0.25, -0.2) is 4.79 Å². The molecule has 0 aliphatic heterocycles. The molecule has 0 fully saturated rings. The Balaban J connectivity index is 2.71. The number of carboxylic acid groups (broad SMARTS) is 1. The molecule has 0 bridgehead atoms. The summed E-state index contributed by atoms with van der Waals surface area (Å²) in [6.07, 6.45) is -1.18. The van der Waals surface area contributed by atoms with E-state index in [9.17, 15) is 9.90 Å². The molecule has 0 heterocycles. The number of hydrogen-bond donors (Lipinski definition) is 2. The van der Waals surface area contributed by atoms with Gasteiger partial charge in [-0.1, -0.05) is 12.1 Å². The normalized spacial score (nSPS) is 12.2. The van der Waals surface area contributed by atoms with Crippen LogP contribution >= 0.6 is 0 Å². The lowest BCUT2D eigenvalue weighted by Crippen LogP contribution is -2.23. The second-order valence-corrected chi connectivity index (χ2v) is 3.90. The molecular weight excluding hydrogens is 218 g/mol. The minimum atomic E-state index is -1.32. The maximum atomic E-state index is 10.5. The third kappa shape index (κ3) is 3.75. The maximum absolute atomic E-state index is 10.5. The van der Waals surface area contributed by atoms with Gasteiger partial charge < -0.3 is 15.1 Å². The van der Waals surface area contributed by atoms with E-state index in [2.05, 4.69) is 18.7 Å². The van der Waals surface area contributed by atoms with Crippen LogP contribution in [0.4, 0.5) is 5.69 Å². The summed E-state index contributed by atoms with van der Waals surface area (Å²) in [4.78, 5) is 12.7. The van der Waals surface area contributed by atoms with Gasteiger partial charge >= 0.3 is 5.97 Å². The van der Waals surface area contributed by atoms with Crippen molar-refractivity contribution >= 4 is 11.7 Å². The first-order chi connectivity index (χ1) is 8.08. The van der Waals surface area contributed by atoms with Gasteiger partial charge in [-0.2, -0.15) is 0 Å². The lowest BCUT2D eigenvalue weighted by atomic mass is 10.1. The van der Waals surface area contributed by atoms with E-state index in [0.717, 1.165) is 24.3 Å². The van der Waals surface area contributed by atoms with Crippen LogP contribution in [-0.2, 0) is 11.2 Å². The highest BCUT2D eigenvalue weighted by molar-refractivity contribution is 5.72. The van der Waals surface area contributed by atoms with E-state index >= 15 is 0 Å². The monoisotopic (exact) mass is 237 g/mol. The van der Waals surface area contributed by atoms with Crippen molar-refractivity contribution in [1.82, 2.24) is 0 Å². The molecule has 4 nitrogen and oxygen atoms in total. The van der Waals surface area contributed by atoms with Gasteiger partial charge in [-0.05, 0) is 31.5 Å². The molecular formula is C13H19NO3. The fraction of sp³-hybridized carbons (Fsp3) is 0.462. The lowest BCUT2D eigenvalue weighted by Gasteiger charge is -2.21. The van der Waals surface area contributed by atoms with Gasteiger partial charge in [0.25, 0.3) is 0 Å². The summed E-state index contributed by atoms with van der Waals surface area (Å²) in [5.74, 6) is -1.18. The summed E-state index contributed by atoms with van der Waals surface area (Å²) in [7, 11) is 0. The molecule has 0 amide bonds. The average Bonchev–Trinajstić information content (AvgIpc) is 2.32. The fourth-order valence-corrected chi connectivity index (χ4v) is 1.74. The summed E-state index contributed by atoms with van der Waals surface area (Å²) in [6.45, 7) is 6.05. The average molecular weight is 237 g/mol. The van der Waals surface area contributed by atoms with E-state index in [0.29, 0.717) is 0 Å². The topological polar surface area (TPSA) is 60.8 Å². The first-order valence-corrected chi connectivity index (χ1v) is 5.83. The molecule has 0 aliphatic rings. The van der Waals surface area contributed by atoms with Crippen LogP contribution in [0.2, 0.25) is 0 Å². The summed E-state index contributed by atoms with van der Waals surface area (Å²) in [6, 6.07) is 7.63. The number of nitrogens with zero attached hydrogens (tertiary/aromatic N) is 1. The van der Waals surface area contributed by atoms with E-state index in [1.54, 1.807) is 0 Å². The van der Waals surface area contributed by atoms with E-state index < -0.39 is 12.1 Å². The molecule has 0 aromatic heterocycles. The third-order valence-corrected chi connectivity index (χ3v) is 2.78. The van der Waals surface area contributed by atoms with Crippen LogP contribution in [-0.4, -0.2) is 35.4 Å². The van der Waals surface area contributed by atoms with Crippen molar-refractivity contribution in [3.05, 3.63) is 29.8 Å². The van der Waals surface area contributed by atoms with Gasteiger partial charge in [0, 0.05) is 25.2 Å². The summed E-state index contributed by atoms with van der Waals surface area (Å²) in [5, 5.41) is 17.8. The molecule has 0 saturated carbocycles. The molecule has 0 radical (unpaired) electrons. The van der Waals surface area contributed by atoms with E-state index in [4.69, 9.17) is 5.11 Å². The number of carbonyl (C=O) groups is 1. The van der Waals surface area contributed by atoms with E-state index in [1.807, 2.05) is 24.3 Å². The van der Waals surface area contributed by atoms with Crippen molar-refractivity contribution in [3.63, 3.8) is 0 Å². The highest BCUT2D eigenvalue weighted by Gasteiger charge is 2.13. The second-order valence-electron chi connectivity index (χ2n) is 3.90. The Hall–Kier alpha value is -1.55. The van der Waals surface area contributed by atoms with Gasteiger partial charge in [0.2, 0.25) is 0 Å². The van der Waals surface area contributed by atoms with Crippen molar-refractivity contribution in [2.75, 3.05) is 18.0 Å². The second kappa shape index (κ2) is 6.25. The first kappa shape index (κ1) is 13.5. The zero-order chi connectivity index (χ0) is 12.8. The Morgan fingerprint density at radius 3 is 2.18 bits per heavy atom. The number of anilines is 1. The smallest absolute Gasteiger partial charge is 0.332 e. The molecule has 0 spiro atoms. The zero-order valence-electron chi connectivity index (χ0n) is 10.3. The minimum Gasteiger partial charge on any atom is -0.479 e. The Morgan fingerprint density at radius 1 is 1.24 bits per heavy atom. The van der Waals surface area contributed by atoms with Crippen LogP contribution in [0.3, 0.4) is 0 Å². The largest absolute Gasteiger partial charge is 0.479 e. The Bertz CT molecular complexity index is 357. The summed E-state index contributed by atoms with van der Waals surface area (Å²) in [5.41, 5.74) is 1.94. The van der Waals surface area contributed by atoms with Crippen LogP contribution in [0.1, 0.15) is 19.4 Å². The number of carboxylic acids is 1. The SMILES string of the molecule is CCN(CC)c1ccc(CC(O)C(=O)O)cc1. The number of hydrogen-bond acceptors (Lipinski definition) is 3. The number of aliphatic carboxylic acids is 1. The van der Waals surface area contributed by atoms with Gasteiger partial charge in [0.1, 0.15) is 0 Å². The van der Waals surface area contributed by atoms with Crippen molar-refractivity contribution in [3.8, 4) is 0 Å². The Labute approximate surface area is 101 Å². The minimum absolute atomic E-state index is 0.147. The van der Waals surface area contributed by atoms with Crippen LogP contribution in [0, 0.1) is 0 Å². The van der Waals surface area contributed by atoms with Crippen molar-refractivity contribution in [2.24, 2.45) is 0 Å². The highest BCUT2D eigenvalue weighted by atomic mass is 16.4. The fourth-order valence-electron chi connectivity index (χ4n) is 1.74. The highest BCUT2D eigenvalue weighted by Crippen LogP contribution is 2.15. The summed E-state index contributed by atoms with van der Waals surface area (Å²) >= 11 is 0. The molecule has 94 valence electrons. The molecule has 0 saturated heterocycles. The molecule has 1 unspecified atom stereocenters. The van der Waals surface area contributed by atoms with E-state index in [1.165, 1.54) is 0 Å². The predicted octanol–water partition coefficient (Wildman–Crippen LogP) is 1.52. The molecule has 4 heteroatoms. The van der Waals surface area contributed by atoms with Crippen molar-refractivity contribution < 1.29 is 15.0 Å². The number of aliphatic hydroxyl groups excluding tert-OH is 1. The number of benzene rings is 1. The molecule has 1 aromatic rings. The first-order valence-electron chi connectivity index (χ1n) is 5.83. The van der Waals surface area contributed by atoms with Crippen molar-refractivity contribution in [2.45, 2.75) is 26.4 Å². The van der Waals surface area contributed by atoms with Crippen molar-refractivity contribution in [1.29, 1.82) is 0 Å². The van der Waals surface area contributed by atoms with Gasteiger partial charge in [0.05, 0.1) is 0 Å². The molecule has 2 N–H and O–H groups in total. The Kier molecular flexibility index (Phi) is 4.97. The number of aliphatic hydroxyl groups is 1. The number of rotatable bonds is 6. The maximum Gasteiger partial charge on any atom is 0.332 e. The lowest BCUT2D eigenvalue weighted by molar-refractivity contribution is -0.146. The summed E-state index contributed by atoms with van der Waals surface area (Å²) < 4.78 is 0. The van der Waals surface area contributed by atoms with Crippen LogP contribution in [0.5, 0.6) is 0 Å². The molecule has 1 atom stereocenters. The van der Waals surface area contributed by atoms with Gasteiger partial charge in [0.15, 0.2) is 6.10 Å². The molecule has 1 aromatic carbocycles. The molecule has 17 heavy (non-hydrogen) atoms. The van der Waals surface area contributed by atoms with Crippen LogP contribution < -0.4 is 4.90 Å². The zero-order valence-corrected chi connectivity index (χ0v) is 10.3.